The highest BCUT2D eigenvalue weighted by Crippen LogP contribution is 2.32. The SMILES string of the molecule is COCCN1CCN(c2c3c(nc4cc(-c5cccc(F)c5)nn24)CCCC3)CC1. The third-order valence-corrected chi connectivity index (χ3v) is 6.25. The van der Waals surface area contributed by atoms with E-state index in [2.05, 4.69) is 9.80 Å². The van der Waals surface area contributed by atoms with E-state index in [9.17, 15) is 4.39 Å². The van der Waals surface area contributed by atoms with Gasteiger partial charge in [0.25, 0.3) is 0 Å². The molecule has 1 fully saturated rings. The van der Waals surface area contributed by atoms with Crippen molar-refractivity contribution in [3.05, 3.63) is 47.4 Å². The number of hydrogen-bond acceptors (Lipinski definition) is 5. The first-order valence-electron chi connectivity index (χ1n) is 10.9. The molecular formula is C23H28FN5O. The monoisotopic (exact) mass is 409 g/mol. The van der Waals surface area contributed by atoms with Crippen LogP contribution < -0.4 is 4.90 Å². The standard InChI is InChI=1S/C23H28FN5O/c1-30-14-13-27-9-11-28(12-10-27)23-19-7-2-3-8-20(19)25-22-16-21(26-29(22)23)17-5-4-6-18(24)15-17/h4-6,15-16H,2-3,7-14H2,1H3. The van der Waals surface area contributed by atoms with E-state index < -0.39 is 0 Å². The van der Waals surface area contributed by atoms with Crippen LogP contribution in [0.5, 0.6) is 0 Å². The molecule has 0 unspecified atom stereocenters. The van der Waals surface area contributed by atoms with Crippen LogP contribution in [0.1, 0.15) is 24.1 Å². The van der Waals surface area contributed by atoms with Gasteiger partial charge in [-0.1, -0.05) is 12.1 Å². The summed E-state index contributed by atoms with van der Waals surface area (Å²) in [6.07, 6.45) is 4.45. The van der Waals surface area contributed by atoms with Gasteiger partial charge in [0.1, 0.15) is 11.6 Å². The second kappa shape index (κ2) is 8.32. The quantitative estimate of drug-likeness (QED) is 0.648. The largest absolute Gasteiger partial charge is 0.383 e. The first-order chi connectivity index (χ1) is 14.7. The number of nitrogens with zero attached hydrogens (tertiary/aromatic N) is 5. The first kappa shape index (κ1) is 19.5. The van der Waals surface area contributed by atoms with Crippen LogP contribution in [0.25, 0.3) is 16.9 Å². The van der Waals surface area contributed by atoms with E-state index >= 15 is 0 Å². The number of aromatic nitrogens is 3. The van der Waals surface area contributed by atoms with E-state index in [4.69, 9.17) is 14.8 Å². The molecule has 0 radical (unpaired) electrons. The average molecular weight is 410 g/mol. The van der Waals surface area contributed by atoms with Gasteiger partial charge in [-0.3, -0.25) is 4.90 Å². The number of anilines is 1. The molecule has 3 heterocycles. The molecule has 7 heteroatoms. The fourth-order valence-electron chi connectivity index (χ4n) is 4.64. The Kier molecular flexibility index (Phi) is 5.39. The number of methoxy groups -OCH3 is 1. The molecule has 0 saturated carbocycles. The molecular weight excluding hydrogens is 381 g/mol. The van der Waals surface area contributed by atoms with Crippen LogP contribution in [0.4, 0.5) is 10.2 Å². The lowest BCUT2D eigenvalue weighted by atomic mass is 9.96. The van der Waals surface area contributed by atoms with Crippen molar-refractivity contribution in [2.24, 2.45) is 0 Å². The zero-order valence-corrected chi connectivity index (χ0v) is 17.5. The van der Waals surface area contributed by atoms with Gasteiger partial charge in [-0.25, -0.2) is 9.37 Å². The number of fused-ring (bicyclic) bond motifs is 2. The van der Waals surface area contributed by atoms with Crippen LogP contribution in [0, 0.1) is 5.82 Å². The molecule has 0 bridgehead atoms. The van der Waals surface area contributed by atoms with Crippen molar-refractivity contribution in [1.29, 1.82) is 0 Å². The predicted molar refractivity (Wildman–Crippen MR) is 116 cm³/mol. The number of hydrogen-bond donors (Lipinski definition) is 0. The molecule has 0 spiro atoms. The van der Waals surface area contributed by atoms with E-state index in [1.54, 1.807) is 13.2 Å². The third-order valence-electron chi connectivity index (χ3n) is 6.25. The molecule has 2 aliphatic rings. The molecule has 1 aliphatic carbocycles. The summed E-state index contributed by atoms with van der Waals surface area (Å²) in [4.78, 5) is 9.86. The normalized spacial score (nSPS) is 17.5. The van der Waals surface area contributed by atoms with Gasteiger partial charge in [-0.15, -0.1) is 0 Å². The molecule has 1 aromatic carbocycles. The Labute approximate surface area is 176 Å². The van der Waals surface area contributed by atoms with Crippen molar-refractivity contribution in [2.45, 2.75) is 25.7 Å². The summed E-state index contributed by atoms with van der Waals surface area (Å²) in [6, 6.07) is 8.62. The van der Waals surface area contributed by atoms with Crippen LogP contribution in [-0.4, -0.2) is 65.9 Å². The highest BCUT2D eigenvalue weighted by molar-refractivity contribution is 5.67. The Hall–Kier alpha value is -2.51. The van der Waals surface area contributed by atoms with Gasteiger partial charge >= 0.3 is 0 Å². The first-order valence-corrected chi connectivity index (χ1v) is 10.9. The number of aryl methyl sites for hydroxylation is 1. The second-order valence-corrected chi connectivity index (χ2v) is 8.20. The lowest BCUT2D eigenvalue weighted by Gasteiger charge is -2.37. The smallest absolute Gasteiger partial charge is 0.158 e. The minimum Gasteiger partial charge on any atom is -0.383 e. The maximum atomic E-state index is 13.8. The number of rotatable bonds is 5. The topological polar surface area (TPSA) is 45.9 Å². The van der Waals surface area contributed by atoms with Gasteiger partial charge in [0.05, 0.1) is 12.3 Å². The van der Waals surface area contributed by atoms with E-state index in [0.29, 0.717) is 0 Å². The third kappa shape index (κ3) is 3.68. The van der Waals surface area contributed by atoms with Crippen LogP contribution >= 0.6 is 0 Å². The van der Waals surface area contributed by atoms with E-state index in [0.717, 1.165) is 69.1 Å². The molecule has 1 saturated heterocycles. The number of benzene rings is 1. The Morgan fingerprint density at radius 1 is 1.07 bits per heavy atom. The van der Waals surface area contributed by atoms with Crippen molar-refractivity contribution in [2.75, 3.05) is 51.3 Å². The van der Waals surface area contributed by atoms with Gasteiger partial charge < -0.3 is 9.64 Å². The number of piperazine rings is 1. The highest BCUT2D eigenvalue weighted by atomic mass is 19.1. The molecule has 30 heavy (non-hydrogen) atoms. The minimum atomic E-state index is -0.246. The second-order valence-electron chi connectivity index (χ2n) is 8.20. The summed E-state index contributed by atoms with van der Waals surface area (Å²) < 4.78 is 21.0. The lowest BCUT2D eigenvalue weighted by Crippen LogP contribution is -2.48. The Morgan fingerprint density at radius 3 is 2.70 bits per heavy atom. The minimum absolute atomic E-state index is 0.246. The van der Waals surface area contributed by atoms with E-state index in [1.165, 1.54) is 42.0 Å². The van der Waals surface area contributed by atoms with Gasteiger partial charge in [0, 0.05) is 62.7 Å². The Morgan fingerprint density at radius 2 is 1.90 bits per heavy atom. The lowest BCUT2D eigenvalue weighted by molar-refractivity contribution is 0.144. The molecule has 2 aromatic heterocycles. The molecule has 0 atom stereocenters. The molecule has 1 aliphatic heterocycles. The molecule has 0 N–H and O–H groups in total. The van der Waals surface area contributed by atoms with Gasteiger partial charge in [-0.2, -0.15) is 9.61 Å². The van der Waals surface area contributed by atoms with Crippen LogP contribution in [0.15, 0.2) is 30.3 Å². The predicted octanol–water partition coefficient (Wildman–Crippen LogP) is 3.18. The van der Waals surface area contributed by atoms with E-state index in [1.807, 2.05) is 16.6 Å². The highest BCUT2D eigenvalue weighted by Gasteiger charge is 2.26. The summed E-state index contributed by atoms with van der Waals surface area (Å²) in [5.74, 6) is 0.938. The summed E-state index contributed by atoms with van der Waals surface area (Å²) in [6.45, 7) is 5.69. The zero-order chi connectivity index (χ0) is 20.5. The van der Waals surface area contributed by atoms with Gasteiger partial charge in [0.15, 0.2) is 5.65 Å². The van der Waals surface area contributed by atoms with Crippen molar-refractivity contribution >= 4 is 11.5 Å². The fraction of sp³-hybridized carbons (Fsp3) is 0.478. The molecule has 0 amide bonds. The van der Waals surface area contributed by atoms with Crippen molar-refractivity contribution < 1.29 is 9.13 Å². The van der Waals surface area contributed by atoms with Crippen LogP contribution in [0.2, 0.25) is 0 Å². The van der Waals surface area contributed by atoms with Crippen molar-refractivity contribution in [3.8, 4) is 11.3 Å². The van der Waals surface area contributed by atoms with Crippen molar-refractivity contribution in [1.82, 2.24) is 19.5 Å². The Bertz CT molecular complexity index is 1040. The van der Waals surface area contributed by atoms with Crippen LogP contribution in [-0.2, 0) is 17.6 Å². The molecule has 158 valence electrons. The fourth-order valence-corrected chi connectivity index (χ4v) is 4.64. The summed E-state index contributed by atoms with van der Waals surface area (Å²) >= 11 is 0. The summed E-state index contributed by atoms with van der Waals surface area (Å²) in [7, 11) is 1.75. The molecule has 5 rings (SSSR count). The average Bonchev–Trinajstić information content (AvgIpc) is 3.20. The zero-order valence-electron chi connectivity index (χ0n) is 17.5. The van der Waals surface area contributed by atoms with Crippen LogP contribution in [0.3, 0.4) is 0 Å². The number of halogens is 1. The number of ether oxygens (including phenoxy) is 1. The maximum Gasteiger partial charge on any atom is 0.158 e. The Balaban J connectivity index is 1.54. The molecule has 6 nitrogen and oxygen atoms in total. The summed E-state index contributed by atoms with van der Waals surface area (Å²) in [5.41, 5.74) is 4.95. The maximum absolute atomic E-state index is 13.8. The van der Waals surface area contributed by atoms with Gasteiger partial charge in [-0.05, 0) is 37.8 Å². The summed E-state index contributed by atoms with van der Waals surface area (Å²) in [5, 5.41) is 4.89. The van der Waals surface area contributed by atoms with E-state index in [-0.39, 0.29) is 5.82 Å². The van der Waals surface area contributed by atoms with Crippen molar-refractivity contribution in [3.63, 3.8) is 0 Å². The van der Waals surface area contributed by atoms with Gasteiger partial charge in [0.2, 0.25) is 0 Å². The molecule has 3 aromatic rings.